The summed E-state index contributed by atoms with van der Waals surface area (Å²) >= 11 is 0. The van der Waals surface area contributed by atoms with Crippen molar-refractivity contribution >= 4 is 27.6 Å². The molecule has 0 spiro atoms. The molecule has 0 aliphatic rings. The van der Waals surface area contributed by atoms with Crippen LogP contribution in [-0.2, 0) is 32.6 Å². The number of nitrogens with zero attached hydrogens (tertiary/aromatic N) is 2. The van der Waals surface area contributed by atoms with Gasteiger partial charge in [0.2, 0.25) is 0 Å². The second kappa shape index (κ2) is 15.7. The SMILES string of the molecule is CC(C)(CCn1cnc(-c2cccc(CC(=O)O)c2)c1)NCC(O)c1cccc(NS(=O)(=O)c2ccccc2)c1.O=C(O)C(F)(F)F. The number of β-amino-alcohol motifs (C(OH)–C–C–N with tert-alkyl or cyclic N) is 1. The maximum absolute atomic E-state index is 12.7. The number of halogens is 3. The molecule has 0 aliphatic carbocycles. The number of hydrogen-bond donors (Lipinski definition) is 5. The standard InChI is InChI=1S/C30H34N4O5S.C2HF3O2/c1-30(2,14-15-34-20-27(31-21-34)23-9-6-8-22(16-23)17-29(36)37)32-19-28(35)24-10-7-11-25(18-24)33-40(38,39)26-12-4-3-5-13-26;3-2(4,5)1(6)7/h3-13,16,18,20-21,28,32-33,35H,14-15,17,19H2,1-2H3,(H,36,37);(H,6,7). The van der Waals surface area contributed by atoms with Gasteiger partial charge in [0.15, 0.2) is 0 Å². The lowest BCUT2D eigenvalue weighted by molar-refractivity contribution is -0.192. The van der Waals surface area contributed by atoms with Crippen LogP contribution in [0.3, 0.4) is 0 Å². The van der Waals surface area contributed by atoms with Crippen LogP contribution in [0.15, 0.2) is 96.3 Å². The number of alkyl halides is 3. The highest BCUT2D eigenvalue weighted by molar-refractivity contribution is 7.92. The van der Waals surface area contributed by atoms with Crippen molar-refractivity contribution in [3.8, 4) is 11.3 Å². The summed E-state index contributed by atoms with van der Waals surface area (Å²) in [6.45, 7) is 5.08. The number of nitrogens with one attached hydrogen (secondary N) is 2. The molecule has 0 saturated carbocycles. The summed E-state index contributed by atoms with van der Waals surface area (Å²) < 4.78 is 61.6. The minimum atomic E-state index is -5.08. The predicted octanol–water partition coefficient (Wildman–Crippen LogP) is 5.10. The smallest absolute Gasteiger partial charge is 0.481 e. The number of benzene rings is 3. The molecule has 3 aromatic carbocycles. The number of rotatable bonds is 13. The number of carbonyl (C=O) groups is 2. The molecular weight excluding hydrogens is 641 g/mol. The summed E-state index contributed by atoms with van der Waals surface area (Å²) in [7, 11) is -3.73. The van der Waals surface area contributed by atoms with Gasteiger partial charge in [0.1, 0.15) is 0 Å². The predicted molar refractivity (Wildman–Crippen MR) is 168 cm³/mol. The van der Waals surface area contributed by atoms with Gasteiger partial charge in [-0.2, -0.15) is 13.2 Å². The Bertz CT molecular complexity index is 1760. The number of sulfonamides is 1. The zero-order valence-electron chi connectivity index (χ0n) is 25.5. The normalized spacial score (nSPS) is 12.5. The summed E-state index contributed by atoms with van der Waals surface area (Å²) in [6.07, 6.45) is -1.50. The molecule has 0 saturated heterocycles. The summed E-state index contributed by atoms with van der Waals surface area (Å²) in [5, 5.41) is 30.4. The van der Waals surface area contributed by atoms with E-state index in [-0.39, 0.29) is 23.4 Å². The van der Waals surface area contributed by atoms with Crippen LogP contribution in [0.4, 0.5) is 18.9 Å². The van der Waals surface area contributed by atoms with E-state index in [2.05, 4.69) is 28.9 Å². The lowest BCUT2D eigenvalue weighted by Crippen LogP contribution is -2.42. The van der Waals surface area contributed by atoms with Gasteiger partial charge in [0.05, 0.1) is 29.4 Å². The monoisotopic (exact) mass is 676 g/mol. The molecule has 4 rings (SSSR count). The van der Waals surface area contributed by atoms with E-state index < -0.39 is 34.2 Å². The third kappa shape index (κ3) is 11.9. The molecule has 0 radical (unpaired) electrons. The van der Waals surface area contributed by atoms with Gasteiger partial charge in [-0.15, -0.1) is 0 Å². The van der Waals surface area contributed by atoms with Crippen molar-refractivity contribution in [3.05, 3.63) is 103 Å². The second-order valence-electron chi connectivity index (χ2n) is 11.1. The van der Waals surface area contributed by atoms with E-state index in [0.717, 1.165) is 23.2 Å². The molecule has 1 unspecified atom stereocenters. The van der Waals surface area contributed by atoms with Gasteiger partial charge in [-0.05, 0) is 61.7 Å². The van der Waals surface area contributed by atoms with Crippen LogP contribution in [0, 0.1) is 0 Å². The first-order valence-electron chi connectivity index (χ1n) is 14.2. The first-order chi connectivity index (χ1) is 21.9. The van der Waals surface area contributed by atoms with Crippen molar-refractivity contribution in [1.29, 1.82) is 0 Å². The van der Waals surface area contributed by atoms with Crippen LogP contribution in [0.2, 0.25) is 0 Å². The Balaban J connectivity index is 0.000000771. The first-order valence-corrected chi connectivity index (χ1v) is 15.7. The maximum atomic E-state index is 12.7. The molecule has 1 heterocycles. The Kier molecular flexibility index (Phi) is 12.3. The molecule has 15 heteroatoms. The fourth-order valence-corrected chi connectivity index (χ4v) is 5.33. The average Bonchev–Trinajstić information content (AvgIpc) is 3.48. The van der Waals surface area contributed by atoms with Crippen LogP contribution in [-0.4, -0.2) is 63.5 Å². The van der Waals surface area contributed by atoms with Gasteiger partial charge in [-0.3, -0.25) is 9.52 Å². The number of aromatic nitrogens is 2. The van der Waals surface area contributed by atoms with Crippen LogP contribution >= 0.6 is 0 Å². The topological polar surface area (TPSA) is 171 Å². The van der Waals surface area contributed by atoms with Crippen molar-refractivity contribution in [3.63, 3.8) is 0 Å². The third-order valence-corrected chi connectivity index (χ3v) is 8.20. The second-order valence-corrected chi connectivity index (χ2v) is 12.8. The van der Waals surface area contributed by atoms with E-state index in [9.17, 15) is 31.5 Å². The molecule has 1 aromatic heterocycles. The van der Waals surface area contributed by atoms with Crippen molar-refractivity contribution in [1.82, 2.24) is 14.9 Å². The van der Waals surface area contributed by atoms with Gasteiger partial charge >= 0.3 is 18.1 Å². The first kappa shape index (κ1) is 36.7. The van der Waals surface area contributed by atoms with E-state index in [1.54, 1.807) is 54.9 Å². The Morgan fingerprint density at radius 1 is 0.957 bits per heavy atom. The van der Waals surface area contributed by atoms with Gasteiger partial charge < -0.3 is 25.2 Å². The molecule has 252 valence electrons. The van der Waals surface area contributed by atoms with Crippen LogP contribution in [0.25, 0.3) is 11.3 Å². The van der Waals surface area contributed by atoms with Gasteiger partial charge in [0.25, 0.3) is 10.0 Å². The van der Waals surface area contributed by atoms with Crippen molar-refractivity contribution < 1.29 is 46.5 Å². The largest absolute Gasteiger partial charge is 0.490 e. The molecule has 0 fully saturated rings. The fraction of sp³-hybridized carbons (Fsp3) is 0.281. The summed E-state index contributed by atoms with van der Waals surface area (Å²) in [6, 6.07) is 22.3. The Morgan fingerprint density at radius 3 is 2.26 bits per heavy atom. The lowest BCUT2D eigenvalue weighted by atomic mass is 9.99. The maximum Gasteiger partial charge on any atom is 0.490 e. The molecule has 47 heavy (non-hydrogen) atoms. The quantitative estimate of drug-likeness (QED) is 0.129. The van der Waals surface area contributed by atoms with E-state index in [4.69, 9.17) is 15.0 Å². The fourth-order valence-electron chi connectivity index (χ4n) is 4.26. The summed E-state index contributed by atoms with van der Waals surface area (Å²) in [4.78, 5) is 24.6. The molecule has 1 atom stereocenters. The summed E-state index contributed by atoms with van der Waals surface area (Å²) in [5.74, 6) is -3.63. The molecule has 5 N–H and O–H groups in total. The molecule has 4 aromatic rings. The number of aliphatic hydroxyl groups excluding tert-OH is 1. The number of carboxylic acids is 2. The highest BCUT2D eigenvalue weighted by Gasteiger charge is 2.38. The Morgan fingerprint density at radius 2 is 1.62 bits per heavy atom. The van der Waals surface area contributed by atoms with Gasteiger partial charge in [-0.1, -0.05) is 48.5 Å². The summed E-state index contributed by atoms with van der Waals surface area (Å²) in [5.41, 5.74) is 3.04. The van der Waals surface area contributed by atoms with Crippen LogP contribution < -0.4 is 10.0 Å². The number of carboxylic acid groups (broad SMARTS) is 2. The van der Waals surface area contributed by atoms with Crippen molar-refractivity contribution in [2.75, 3.05) is 11.3 Å². The number of imidazole rings is 1. The number of anilines is 1. The molecule has 0 bridgehead atoms. The Labute approximate surface area is 269 Å². The number of aliphatic carboxylic acids is 2. The molecule has 0 aliphatic heterocycles. The minimum absolute atomic E-state index is 0.0339. The average molecular weight is 677 g/mol. The Hall–Kier alpha value is -4.73. The minimum Gasteiger partial charge on any atom is -0.481 e. The highest BCUT2D eigenvalue weighted by atomic mass is 32.2. The number of aliphatic hydroxyl groups is 1. The molecular formula is C32H35F3N4O7S. The van der Waals surface area contributed by atoms with Crippen molar-refractivity contribution in [2.24, 2.45) is 0 Å². The number of aryl methyl sites for hydroxylation is 1. The highest BCUT2D eigenvalue weighted by Crippen LogP contribution is 2.23. The molecule has 0 amide bonds. The molecule has 11 nitrogen and oxygen atoms in total. The van der Waals surface area contributed by atoms with Crippen LogP contribution in [0.1, 0.15) is 37.5 Å². The third-order valence-electron chi connectivity index (χ3n) is 6.80. The number of hydrogen-bond acceptors (Lipinski definition) is 7. The van der Waals surface area contributed by atoms with Crippen LogP contribution in [0.5, 0.6) is 0 Å². The zero-order valence-corrected chi connectivity index (χ0v) is 26.3. The van der Waals surface area contributed by atoms with E-state index in [0.29, 0.717) is 17.8 Å². The lowest BCUT2D eigenvalue weighted by Gasteiger charge is -2.28. The van der Waals surface area contributed by atoms with Gasteiger partial charge in [0, 0.05) is 36.1 Å². The van der Waals surface area contributed by atoms with E-state index in [1.807, 2.05) is 29.0 Å². The van der Waals surface area contributed by atoms with Gasteiger partial charge in [-0.25, -0.2) is 18.2 Å². The van der Waals surface area contributed by atoms with E-state index >= 15 is 0 Å². The van der Waals surface area contributed by atoms with E-state index in [1.165, 1.54) is 12.1 Å². The van der Waals surface area contributed by atoms with Crippen molar-refractivity contribution in [2.45, 2.75) is 55.9 Å². The zero-order chi connectivity index (χ0) is 34.8.